The standard InChI is InChI=1S/C14H14N2O3/c1-19-12-6-4-5-11(9-12)10-15-13-7-2-3-8-14(13)16(17)18/h2-9,15H,10H2,1H3. The molecule has 0 heterocycles. The summed E-state index contributed by atoms with van der Waals surface area (Å²) in [7, 11) is 1.61. The SMILES string of the molecule is COc1cccc(CNc2ccccc2[N+](=O)[O-])c1. The lowest BCUT2D eigenvalue weighted by Crippen LogP contribution is -2.02. The van der Waals surface area contributed by atoms with Gasteiger partial charge in [-0.05, 0) is 23.8 Å². The molecule has 2 aromatic rings. The van der Waals surface area contributed by atoms with Crippen LogP contribution >= 0.6 is 0 Å². The highest BCUT2D eigenvalue weighted by Crippen LogP contribution is 2.24. The molecule has 5 nitrogen and oxygen atoms in total. The minimum absolute atomic E-state index is 0.0744. The van der Waals surface area contributed by atoms with E-state index in [4.69, 9.17) is 4.74 Å². The van der Waals surface area contributed by atoms with Crippen molar-refractivity contribution in [1.29, 1.82) is 0 Å². The molecule has 0 saturated carbocycles. The van der Waals surface area contributed by atoms with Gasteiger partial charge in [-0.25, -0.2) is 0 Å². The normalized spacial score (nSPS) is 9.95. The summed E-state index contributed by atoms with van der Waals surface area (Å²) in [5.41, 5.74) is 1.58. The van der Waals surface area contributed by atoms with E-state index >= 15 is 0 Å². The Morgan fingerprint density at radius 2 is 2.00 bits per heavy atom. The van der Waals surface area contributed by atoms with E-state index in [2.05, 4.69) is 5.32 Å². The predicted octanol–water partition coefficient (Wildman–Crippen LogP) is 3.22. The van der Waals surface area contributed by atoms with E-state index in [0.29, 0.717) is 12.2 Å². The maximum Gasteiger partial charge on any atom is 0.292 e. The molecule has 0 spiro atoms. The second kappa shape index (κ2) is 5.86. The Labute approximate surface area is 111 Å². The molecular formula is C14H14N2O3. The number of nitro benzene ring substituents is 1. The Morgan fingerprint density at radius 3 is 2.74 bits per heavy atom. The van der Waals surface area contributed by atoms with Gasteiger partial charge >= 0.3 is 0 Å². The van der Waals surface area contributed by atoms with E-state index in [1.54, 1.807) is 25.3 Å². The molecule has 0 atom stereocenters. The van der Waals surface area contributed by atoms with Gasteiger partial charge in [0.05, 0.1) is 12.0 Å². The van der Waals surface area contributed by atoms with Gasteiger partial charge in [0.1, 0.15) is 11.4 Å². The van der Waals surface area contributed by atoms with Gasteiger partial charge in [0.25, 0.3) is 5.69 Å². The summed E-state index contributed by atoms with van der Waals surface area (Å²) in [5.74, 6) is 0.766. The van der Waals surface area contributed by atoms with Crippen LogP contribution in [0, 0.1) is 10.1 Å². The predicted molar refractivity (Wildman–Crippen MR) is 73.4 cm³/mol. The van der Waals surface area contributed by atoms with E-state index in [1.807, 2.05) is 24.3 Å². The molecule has 19 heavy (non-hydrogen) atoms. The minimum atomic E-state index is -0.395. The zero-order valence-electron chi connectivity index (χ0n) is 10.5. The minimum Gasteiger partial charge on any atom is -0.497 e. The molecule has 0 aliphatic carbocycles. The fourth-order valence-electron chi connectivity index (χ4n) is 1.76. The lowest BCUT2D eigenvalue weighted by molar-refractivity contribution is -0.384. The summed E-state index contributed by atoms with van der Waals surface area (Å²) >= 11 is 0. The Kier molecular flexibility index (Phi) is 3.97. The highest BCUT2D eigenvalue weighted by Gasteiger charge is 2.11. The molecule has 0 amide bonds. The number of nitrogens with zero attached hydrogens (tertiary/aromatic N) is 1. The topological polar surface area (TPSA) is 64.4 Å². The number of para-hydroxylation sites is 2. The van der Waals surface area contributed by atoms with E-state index in [9.17, 15) is 10.1 Å². The van der Waals surface area contributed by atoms with Crippen LogP contribution in [0.1, 0.15) is 5.56 Å². The molecule has 0 fully saturated rings. The number of methoxy groups -OCH3 is 1. The van der Waals surface area contributed by atoms with E-state index in [-0.39, 0.29) is 5.69 Å². The summed E-state index contributed by atoms with van der Waals surface area (Å²) < 4.78 is 5.13. The van der Waals surface area contributed by atoms with Crippen molar-refractivity contribution in [2.24, 2.45) is 0 Å². The van der Waals surface area contributed by atoms with Crippen LogP contribution in [-0.2, 0) is 6.54 Å². The number of ether oxygens (including phenoxy) is 1. The van der Waals surface area contributed by atoms with Crippen LogP contribution in [0.4, 0.5) is 11.4 Å². The molecule has 2 aromatic carbocycles. The summed E-state index contributed by atoms with van der Waals surface area (Å²) in [6.07, 6.45) is 0. The lowest BCUT2D eigenvalue weighted by atomic mass is 10.2. The molecule has 2 rings (SSSR count). The Hall–Kier alpha value is -2.56. The monoisotopic (exact) mass is 258 g/mol. The van der Waals surface area contributed by atoms with Crippen LogP contribution < -0.4 is 10.1 Å². The third-order valence-electron chi connectivity index (χ3n) is 2.72. The summed E-state index contributed by atoms with van der Waals surface area (Å²) in [6, 6.07) is 14.2. The second-order valence-corrected chi connectivity index (χ2v) is 3.98. The highest BCUT2D eigenvalue weighted by atomic mass is 16.6. The van der Waals surface area contributed by atoms with Crippen molar-refractivity contribution in [2.75, 3.05) is 12.4 Å². The quantitative estimate of drug-likeness (QED) is 0.660. The number of nitro groups is 1. The summed E-state index contributed by atoms with van der Waals surface area (Å²) in [4.78, 5) is 10.5. The third-order valence-corrected chi connectivity index (χ3v) is 2.72. The molecule has 0 bridgehead atoms. The van der Waals surface area contributed by atoms with Crippen LogP contribution in [-0.4, -0.2) is 12.0 Å². The highest BCUT2D eigenvalue weighted by molar-refractivity contribution is 5.61. The number of nitrogens with one attached hydrogen (secondary N) is 1. The zero-order chi connectivity index (χ0) is 13.7. The molecule has 98 valence electrons. The molecule has 0 aliphatic heterocycles. The van der Waals surface area contributed by atoms with Crippen molar-refractivity contribution in [3.8, 4) is 5.75 Å². The van der Waals surface area contributed by atoms with Crippen molar-refractivity contribution in [1.82, 2.24) is 0 Å². The Bertz CT molecular complexity index is 584. The van der Waals surface area contributed by atoms with Gasteiger partial charge < -0.3 is 10.1 Å². The van der Waals surface area contributed by atoms with Crippen molar-refractivity contribution in [3.63, 3.8) is 0 Å². The first-order valence-electron chi connectivity index (χ1n) is 5.81. The average molecular weight is 258 g/mol. The maximum absolute atomic E-state index is 10.9. The fraction of sp³-hybridized carbons (Fsp3) is 0.143. The number of hydrogen-bond donors (Lipinski definition) is 1. The number of hydrogen-bond acceptors (Lipinski definition) is 4. The van der Waals surface area contributed by atoms with E-state index < -0.39 is 4.92 Å². The molecule has 5 heteroatoms. The van der Waals surface area contributed by atoms with Gasteiger partial charge in [0.2, 0.25) is 0 Å². The van der Waals surface area contributed by atoms with Gasteiger partial charge in [-0.3, -0.25) is 10.1 Å². The first kappa shape index (κ1) is 12.9. The molecule has 0 radical (unpaired) electrons. The molecule has 0 unspecified atom stereocenters. The van der Waals surface area contributed by atoms with Crippen LogP contribution in [0.5, 0.6) is 5.75 Å². The van der Waals surface area contributed by atoms with Crippen molar-refractivity contribution in [3.05, 3.63) is 64.2 Å². The van der Waals surface area contributed by atoms with Crippen LogP contribution in [0.25, 0.3) is 0 Å². The second-order valence-electron chi connectivity index (χ2n) is 3.98. The molecule has 0 aromatic heterocycles. The van der Waals surface area contributed by atoms with Gasteiger partial charge in [-0.15, -0.1) is 0 Å². The first-order chi connectivity index (χ1) is 9.20. The lowest BCUT2D eigenvalue weighted by Gasteiger charge is -2.08. The largest absolute Gasteiger partial charge is 0.497 e. The molecule has 0 saturated heterocycles. The first-order valence-corrected chi connectivity index (χ1v) is 5.81. The van der Waals surface area contributed by atoms with E-state index in [1.165, 1.54) is 6.07 Å². The van der Waals surface area contributed by atoms with E-state index in [0.717, 1.165) is 11.3 Å². The molecule has 1 N–H and O–H groups in total. The maximum atomic E-state index is 10.9. The van der Waals surface area contributed by atoms with Crippen LogP contribution in [0.2, 0.25) is 0 Å². The smallest absolute Gasteiger partial charge is 0.292 e. The van der Waals surface area contributed by atoms with Crippen molar-refractivity contribution in [2.45, 2.75) is 6.54 Å². The fourth-order valence-corrected chi connectivity index (χ4v) is 1.76. The summed E-state index contributed by atoms with van der Waals surface area (Å²) in [5, 5.41) is 13.9. The summed E-state index contributed by atoms with van der Waals surface area (Å²) in [6.45, 7) is 0.502. The van der Waals surface area contributed by atoms with Gasteiger partial charge in [0.15, 0.2) is 0 Å². The van der Waals surface area contributed by atoms with Crippen LogP contribution in [0.15, 0.2) is 48.5 Å². The van der Waals surface area contributed by atoms with Gasteiger partial charge in [-0.2, -0.15) is 0 Å². The average Bonchev–Trinajstić information content (AvgIpc) is 2.45. The van der Waals surface area contributed by atoms with Crippen LogP contribution in [0.3, 0.4) is 0 Å². The number of rotatable bonds is 5. The molecule has 0 aliphatic rings. The van der Waals surface area contributed by atoms with Crippen molar-refractivity contribution < 1.29 is 9.66 Å². The van der Waals surface area contributed by atoms with Crippen molar-refractivity contribution >= 4 is 11.4 Å². The molecular weight excluding hydrogens is 244 g/mol. The zero-order valence-corrected chi connectivity index (χ0v) is 10.5. The third kappa shape index (κ3) is 3.22. The van der Waals surface area contributed by atoms with Gasteiger partial charge in [-0.1, -0.05) is 24.3 Å². The Balaban J connectivity index is 2.12. The number of benzene rings is 2. The number of anilines is 1. The van der Waals surface area contributed by atoms with Gasteiger partial charge in [0, 0.05) is 12.6 Å². The Morgan fingerprint density at radius 1 is 1.21 bits per heavy atom.